The smallest absolute Gasteiger partial charge is 0.236 e. The molecule has 0 atom stereocenters. The van der Waals surface area contributed by atoms with Crippen LogP contribution in [0.25, 0.3) is 5.69 Å². The number of amides is 1. The minimum atomic E-state index is -0.463. The second kappa shape index (κ2) is 5.81. The first-order chi connectivity index (χ1) is 12.1. The number of rotatable bonds is 4. The molecule has 3 aromatic rings. The fourth-order valence-corrected chi connectivity index (χ4v) is 3.15. The van der Waals surface area contributed by atoms with Gasteiger partial charge in [-0.1, -0.05) is 24.3 Å². The van der Waals surface area contributed by atoms with Crippen molar-refractivity contribution in [3.05, 3.63) is 71.9 Å². The molecule has 0 aliphatic heterocycles. The molecule has 1 fully saturated rings. The summed E-state index contributed by atoms with van der Waals surface area (Å²) < 4.78 is 14.8. The van der Waals surface area contributed by atoms with Crippen LogP contribution in [-0.4, -0.2) is 20.7 Å². The molecule has 1 aliphatic rings. The van der Waals surface area contributed by atoms with Crippen LogP contribution in [0.2, 0.25) is 0 Å². The van der Waals surface area contributed by atoms with Crippen LogP contribution in [0.1, 0.15) is 24.0 Å². The molecule has 1 N–H and O–H groups in total. The molecule has 0 radical (unpaired) electrons. The number of nitrogens with one attached hydrogen (secondary N) is 1. The molecule has 0 unspecified atom stereocenters. The highest BCUT2D eigenvalue weighted by Gasteiger charge is 2.52. The molecule has 0 bridgehead atoms. The minimum absolute atomic E-state index is 0.0515. The summed E-state index contributed by atoms with van der Waals surface area (Å²) >= 11 is 0. The van der Waals surface area contributed by atoms with E-state index in [-0.39, 0.29) is 5.91 Å². The normalized spacial score (nSPS) is 15.0. The van der Waals surface area contributed by atoms with Crippen LogP contribution in [0.15, 0.2) is 55.0 Å². The molecule has 0 saturated heterocycles. The highest BCUT2D eigenvalue weighted by atomic mass is 19.1. The van der Waals surface area contributed by atoms with Crippen molar-refractivity contribution >= 4 is 11.7 Å². The quantitative estimate of drug-likeness (QED) is 0.794. The fraction of sp³-hybridized carbons (Fsp3) is 0.211. The van der Waals surface area contributed by atoms with Gasteiger partial charge in [0, 0.05) is 18.3 Å². The molecule has 1 aliphatic carbocycles. The number of hydrogen-bond acceptors (Lipinski definition) is 3. The van der Waals surface area contributed by atoms with E-state index in [1.54, 1.807) is 12.3 Å². The summed E-state index contributed by atoms with van der Waals surface area (Å²) in [5.74, 6) is -0.0476. The van der Waals surface area contributed by atoms with Crippen LogP contribution in [0.3, 0.4) is 0 Å². The van der Waals surface area contributed by atoms with Crippen LogP contribution in [-0.2, 0) is 10.2 Å². The zero-order chi connectivity index (χ0) is 17.4. The van der Waals surface area contributed by atoms with Gasteiger partial charge in [-0.05, 0) is 30.9 Å². The van der Waals surface area contributed by atoms with Crippen molar-refractivity contribution in [1.82, 2.24) is 14.8 Å². The Labute approximate surface area is 144 Å². The third kappa shape index (κ3) is 2.80. The van der Waals surface area contributed by atoms with Crippen molar-refractivity contribution < 1.29 is 9.18 Å². The van der Waals surface area contributed by atoms with Crippen LogP contribution in [0.5, 0.6) is 0 Å². The average molecular weight is 336 g/mol. The highest BCUT2D eigenvalue weighted by molar-refractivity contribution is 6.01. The molecule has 6 heteroatoms. The summed E-state index contributed by atoms with van der Waals surface area (Å²) in [5, 5.41) is 7.19. The first kappa shape index (κ1) is 15.5. The van der Waals surface area contributed by atoms with Crippen LogP contribution >= 0.6 is 0 Å². The number of benzene rings is 1. The Balaban J connectivity index is 1.55. The lowest BCUT2D eigenvalue weighted by Gasteiger charge is -2.17. The van der Waals surface area contributed by atoms with Crippen molar-refractivity contribution in [1.29, 1.82) is 0 Å². The Kier molecular flexibility index (Phi) is 3.60. The largest absolute Gasteiger partial charge is 0.308 e. The number of carbonyl (C=O) groups excluding carboxylic acids is 1. The van der Waals surface area contributed by atoms with Crippen molar-refractivity contribution in [2.24, 2.45) is 0 Å². The van der Waals surface area contributed by atoms with Gasteiger partial charge in [0.1, 0.15) is 5.82 Å². The Hall–Kier alpha value is -3.02. The predicted molar refractivity (Wildman–Crippen MR) is 92.0 cm³/mol. The number of hydrogen-bond donors (Lipinski definition) is 1. The van der Waals surface area contributed by atoms with E-state index in [0.29, 0.717) is 11.5 Å². The van der Waals surface area contributed by atoms with Crippen LogP contribution in [0, 0.1) is 12.7 Å². The summed E-state index contributed by atoms with van der Waals surface area (Å²) in [6.45, 7) is 2.02. The molecule has 1 aromatic carbocycles. The van der Waals surface area contributed by atoms with Gasteiger partial charge >= 0.3 is 0 Å². The molecule has 1 saturated carbocycles. The SMILES string of the molecule is Cc1ccccc1C1(C(=O)Nc2ccn(-c3cncc(F)c3)n2)CC1. The number of carbonyl (C=O) groups is 1. The van der Waals surface area contributed by atoms with Gasteiger partial charge in [0.2, 0.25) is 5.91 Å². The Morgan fingerprint density at radius 3 is 2.76 bits per heavy atom. The number of aryl methyl sites for hydroxylation is 1. The lowest BCUT2D eigenvalue weighted by molar-refractivity contribution is -0.118. The molecular formula is C19H17FN4O. The number of nitrogens with zero attached hydrogens (tertiary/aromatic N) is 3. The average Bonchev–Trinajstić information content (AvgIpc) is 3.28. The summed E-state index contributed by atoms with van der Waals surface area (Å²) in [7, 11) is 0. The van der Waals surface area contributed by atoms with Gasteiger partial charge in [-0.2, -0.15) is 5.10 Å². The van der Waals surface area contributed by atoms with Gasteiger partial charge in [0.15, 0.2) is 5.82 Å². The van der Waals surface area contributed by atoms with Gasteiger partial charge in [-0.25, -0.2) is 9.07 Å². The number of aromatic nitrogens is 3. The van der Waals surface area contributed by atoms with Gasteiger partial charge in [0.25, 0.3) is 0 Å². The maximum absolute atomic E-state index is 13.3. The first-order valence-electron chi connectivity index (χ1n) is 8.13. The second-order valence-corrected chi connectivity index (χ2v) is 6.36. The van der Waals surface area contributed by atoms with Gasteiger partial charge in [0.05, 0.1) is 23.5 Å². The Morgan fingerprint density at radius 2 is 2.04 bits per heavy atom. The van der Waals surface area contributed by atoms with Crippen molar-refractivity contribution in [3.63, 3.8) is 0 Å². The standard InChI is InChI=1S/C19H17FN4O/c1-13-4-2-3-5-16(13)19(7-8-19)18(25)22-17-6-9-24(23-17)15-10-14(20)11-21-12-15/h2-6,9-12H,7-8H2,1H3,(H,22,23,25). The molecule has 126 valence electrons. The van der Waals surface area contributed by atoms with E-state index in [2.05, 4.69) is 15.4 Å². The predicted octanol–water partition coefficient (Wildman–Crippen LogP) is 3.39. The third-order valence-corrected chi connectivity index (χ3v) is 4.63. The molecule has 25 heavy (non-hydrogen) atoms. The summed E-state index contributed by atoms with van der Waals surface area (Å²) in [5.41, 5.74) is 2.23. The third-order valence-electron chi connectivity index (χ3n) is 4.63. The monoisotopic (exact) mass is 336 g/mol. The fourth-order valence-electron chi connectivity index (χ4n) is 3.15. The topological polar surface area (TPSA) is 59.8 Å². The molecule has 5 nitrogen and oxygen atoms in total. The number of anilines is 1. The van der Waals surface area contributed by atoms with Crippen LogP contribution < -0.4 is 5.32 Å². The van der Waals surface area contributed by atoms with Crippen molar-refractivity contribution in [2.75, 3.05) is 5.32 Å². The van der Waals surface area contributed by atoms with Crippen LogP contribution in [0.4, 0.5) is 10.2 Å². The van der Waals surface area contributed by atoms with Gasteiger partial charge < -0.3 is 5.32 Å². The Morgan fingerprint density at radius 1 is 1.24 bits per heavy atom. The molecule has 4 rings (SSSR count). The van der Waals surface area contributed by atoms with E-state index < -0.39 is 11.2 Å². The van der Waals surface area contributed by atoms with Gasteiger partial charge in [-0.3, -0.25) is 9.78 Å². The molecule has 1 amide bonds. The zero-order valence-corrected chi connectivity index (χ0v) is 13.7. The maximum atomic E-state index is 13.3. The molecule has 0 spiro atoms. The van der Waals surface area contributed by atoms with E-state index in [1.807, 2.05) is 31.2 Å². The van der Waals surface area contributed by atoms with E-state index in [1.165, 1.54) is 16.9 Å². The zero-order valence-electron chi connectivity index (χ0n) is 13.7. The van der Waals surface area contributed by atoms with Gasteiger partial charge in [-0.15, -0.1) is 0 Å². The summed E-state index contributed by atoms with van der Waals surface area (Å²) in [4.78, 5) is 16.6. The number of pyridine rings is 1. The lowest BCUT2D eigenvalue weighted by atomic mass is 9.91. The lowest BCUT2D eigenvalue weighted by Crippen LogP contribution is -2.28. The van der Waals surface area contributed by atoms with E-state index >= 15 is 0 Å². The first-order valence-corrected chi connectivity index (χ1v) is 8.13. The van der Waals surface area contributed by atoms with E-state index in [0.717, 1.165) is 30.2 Å². The Bertz CT molecular complexity index is 946. The maximum Gasteiger partial charge on any atom is 0.236 e. The van der Waals surface area contributed by atoms with Crippen molar-refractivity contribution in [2.45, 2.75) is 25.2 Å². The second-order valence-electron chi connectivity index (χ2n) is 6.36. The number of halogens is 1. The van der Waals surface area contributed by atoms with E-state index in [9.17, 15) is 9.18 Å². The summed E-state index contributed by atoms with van der Waals surface area (Å²) in [6, 6.07) is 11.0. The highest BCUT2D eigenvalue weighted by Crippen LogP contribution is 2.50. The van der Waals surface area contributed by atoms with Crippen molar-refractivity contribution in [3.8, 4) is 5.69 Å². The van der Waals surface area contributed by atoms with E-state index in [4.69, 9.17) is 0 Å². The molecule has 2 aromatic heterocycles. The molecular weight excluding hydrogens is 319 g/mol. The molecule has 2 heterocycles. The summed E-state index contributed by atoms with van der Waals surface area (Å²) in [6.07, 6.45) is 5.97. The minimum Gasteiger partial charge on any atom is -0.308 e.